The Morgan fingerprint density at radius 3 is 2.79 bits per heavy atom. The number of aromatic nitrogens is 1. The van der Waals surface area contributed by atoms with Crippen LogP contribution in [0.25, 0.3) is 0 Å². The fourth-order valence-corrected chi connectivity index (χ4v) is 2.87. The van der Waals surface area contributed by atoms with Gasteiger partial charge in [-0.25, -0.2) is 0 Å². The number of amides is 1. The van der Waals surface area contributed by atoms with Gasteiger partial charge in [-0.1, -0.05) is 12.8 Å². The molecule has 1 aliphatic rings. The van der Waals surface area contributed by atoms with E-state index in [1.165, 1.54) is 18.7 Å². The van der Waals surface area contributed by atoms with Crippen LogP contribution in [0, 0.1) is 5.92 Å². The summed E-state index contributed by atoms with van der Waals surface area (Å²) >= 11 is 0. The minimum absolute atomic E-state index is 0.0541. The zero-order valence-electron chi connectivity index (χ0n) is 11.3. The second kappa shape index (κ2) is 6.02. The molecule has 2 unspecified atom stereocenters. The van der Waals surface area contributed by atoms with Gasteiger partial charge in [0.25, 0.3) is 5.91 Å². The summed E-state index contributed by atoms with van der Waals surface area (Å²) < 4.78 is 0. The van der Waals surface area contributed by atoms with E-state index in [2.05, 4.69) is 4.98 Å². The van der Waals surface area contributed by atoms with Crippen LogP contribution in [0.15, 0.2) is 23.1 Å². The summed E-state index contributed by atoms with van der Waals surface area (Å²) in [7, 11) is 1.83. The van der Waals surface area contributed by atoms with Crippen LogP contribution >= 0.6 is 0 Å². The third-order valence-corrected chi connectivity index (χ3v) is 4.02. The molecule has 5 nitrogen and oxygen atoms in total. The lowest BCUT2D eigenvalue weighted by molar-refractivity contribution is 0.0620. The van der Waals surface area contributed by atoms with E-state index >= 15 is 0 Å². The molecule has 0 saturated heterocycles. The van der Waals surface area contributed by atoms with Crippen molar-refractivity contribution in [3.8, 4) is 0 Å². The van der Waals surface area contributed by atoms with Crippen LogP contribution in [0.4, 0.5) is 0 Å². The summed E-state index contributed by atoms with van der Waals surface area (Å²) in [5.41, 5.74) is 6.12. The lowest BCUT2D eigenvalue weighted by Gasteiger charge is -2.37. The zero-order valence-corrected chi connectivity index (χ0v) is 11.3. The standard InChI is InChI=1S/C14H21N3O2/c1-17(12-5-3-2-4-10(12)8-15)14(19)11-6-7-13(18)16-9-11/h6-7,9-10,12H,2-5,8,15H2,1H3,(H,16,18). The van der Waals surface area contributed by atoms with E-state index < -0.39 is 0 Å². The number of hydrogen-bond acceptors (Lipinski definition) is 3. The van der Waals surface area contributed by atoms with E-state index in [4.69, 9.17) is 5.73 Å². The number of hydrogen-bond donors (Lipinski definition) is 2. The van der Waals surface area contributed by atoms with Gasteiger partial charge in [0.05, 0.1) is 5.56 Å². The number of rotatable bonds is 3. The maximum Gasteiger partial charge on any atom is 0.255 e. The van der Waals surface area contributed by atoms with Crippen molar-refractivity contribution in [1.29, 1.82) is 0 Å². The molecule has 5 heteroatoms. The summed E-state index contributed by atoms with van der Waals surface area (Å²) in [5.74, 6) is 0.326. The predicted octanol–water partition coefficient (Wildman–Crippen LogP) is 0.964. The number of carbonyl (C=O) groups excluding carboxylic acids is 1. The first-order valence-electron chi connectivity index (χ1n) is 6.79. The normalized spacial score (nSPS) is 23.1. The maximum atomic E-state index is 12.4. The Morgan fingerprint density at radius 2 is 2.16 bits per heavy atom. The van der Waals surface area contributed by atoms with Crippen LogP contribution in [0.1, 0.15) is 36.0 Å². The lowest BCUT2D eigenvalue weighted by atomic mass is 9.83. The molecule has 1 aliphatic carbocycles. The minimum atomic E-state index is -0.197. The highest BCUT2D eigenvalue weighted by Gasteiger charge is 2.30. The van der Waals surface area contributed by atoms with Crippen molar-refractivity contribution in [3.05, 3.63) is 34.2 Å². The fraction of sp³-hybridized carbons (Fsp3) is 0.571. The van der Waals surface area contributed by atoms with Gasteiger partial charge in [-0.3, -0.25) is 9.59 Å². The zero-order chi connectivity index (χ0) is 13.8. The Labute approximate surface area is 112 Å². The Hall–Kier alpha value is -1.62. The molecule has 1 heterocycles. The van der Waals surface area contributed by atoms with Crippen molar-refractivity contribution < 1.29 is 4.79 Å². The molecule has 0 aliphatic heterocycles. The Kier molecular flexibility index (Phi) is 4.37. The topological polar surface area (TPSA) is 79.2 Å². The minimum Gasteiger partial charge on any atom is -0.338 e. The SMILES string of the molecule is CN(C(=O)c1ccc(=O)[nH]c1)C1CCCCC1CN. The average molecular weight is 263 g/mol. The number of nitrogens with one attached hydrogen (secondary N) is 1. The average Bonchev–Trinajstić information content (AvgIpc) is 2.46. The molecule has 2 rings (SSSR count). The van der Waals surface area contributed by atoms with Crippen LogP contribution in [-0.2, 0) is 0 Å². The van der Waals surface area contributed by atoms with E-state index in [1.54, 1.807) is 11.0 Å². The summed E-state index contributed by atoms with van der Waals surface area (Å²) in [4.78, 5) is 27.7. The summed E-state index contributed by atoms with van der Waals surface area (Å²) in [6, 6.07) is 3.15. The molecule has 104 valence electrons. The third-order valence-electron chi connectivity index (χ3n) is 4.02. The summed E-state index contributed by atoms with van der Waals surface area (Å²) in [6.45, 7) is 0.619. The number of nitrogens with zero attached hydrogens (tertiary/aromatic N) is 1. The van der Waals surface area contributed by atoms with Crippen LogP contribution in [0.5, 0.6) is 0 Å². The second-order valence-corrected chi connectivity index (χ2v) is 5.21. The largest absolute Gasteiger partial charge is 0.338 e. The molecule has 0 spiro atoms. The quantitative estimate of drug-likeness (QED) is 0.852. The third kappa shape index (κ3) is 3.04. The number of nitrogens with two attached hydrogens (primary N) is 1. The van der Waals surface area contributed by atoms with Gasteiger partial charge in [0, 0.05) is 25.4 Å². The second-order valence-electron chi connectivity index (χ2n) is 5.21. The lowest BCUT2D eigenvalue weighted by Crippen LogP contribution is -2.46. The molecule has 2 atom stereocenters. The molecule has 19 heavy (non-hydrogen) atoms. The number of H-pyrrole nitrogens is 1. The number of aromatic amines is 1. The van der Waals surface area contributed by atoms with Gasteiger partial charge in [0.2, 0.25) is 5.56 Å². The molecular weight excluding hydrogens is 242 g/mol. The van der Waals surface area contributed by atoms with Gasteiger partial charge >= 0.3 is 0 Å². The fourth-order valence-electron chi connectivity index (χ4n) is 2.87. The molecule has 1 fully saturated rings. The van der Waals surface area contributed by atoms with E-state index in [-0.39, 0.29) is 17.5 Å². The molecule has 1 saturated carbocycles. The molecule has 1 aromatic heterocycles. The van der Waals surface area contributed by atoms with Gasteiger partial charge in [-0.2, -0.15) is 0 Å². The van der Waals surface area contributed by atoms with E-state index in [0.717, 1.165) is 19.3 Å². The van der Waals surface area contributed by atoms with Gasteiger partial charge in [0.15, 0.2) is 0 Å². The Bertz CT molecular complexity index is 477. The van der Waals surface area contributed by atoms with Crippen molar-refractivity contribution in [3.63, 3.8) is 0 Å². The van der Waals surface area contributed by atoms with E-state index in [1.807, 2.05) is 7.05 Å². The first kappa shape index (κ1) is 13.8. The highest BCUT2D eigenvalue weighted by molar-refractivity contribution is 5.93. The smallest absolute Gasteiger partial charge is 0.255 e. The van der Waals surface area contributed by atoms with Crippen molar-refractivity contribution in [2.45, 2.75) is 31.7 Å². The monoisotopic (exact) mass is 263 g/mol. The van der Waals surface area contributed by atoms with Gasteiger partial charge in [-0.05, 0) is 31.4 Å². The molecule has 0 bridgehead atoms. The summed E-state index contributed by atoms with van der Waals surface area (Å²) in [6.07, 6.45) is 5.91. The predicted molar refractivity (Wildman–Crippen MR) is 74.0 cm³/mol. The molecular formula is C14H21N3O2. The first-order chi connectivity index (χ1) is 9.13. The Balaban J connectivity index is 2.13. The first-order valence-corrected chi connectivity index (χ1v) is 6.79. The number of carbonyl (C=O) groups is 1. The molecule has 1 amide bonds. The maximum absolute atomic E-state index is 12.4. The van der Waals surface area contributed by atoms with Crippen molar-refractivity contribution in [2.75, 3.05) is 13.6 Å². The number of pyridine rings is 1. The van der Waals surface area contributed by atoms with Crippen LogP contribution < -0.4 is 11.3 Å². The molecule has 1 aromatic rings. The van der Waals surface area contributed by atoms with Crippen molar-refractivity contribution in [2.24, 2.45) is 11.7 Å². The Morgan fingerprint density at radius 1 is 1.42 bits per heavy atom. The van der Waals surface area contributed by atoms with Gasteiger partial charge in [0.1, 0.15) is 0 Å². The summed E-state index contributed by atoms with van der Waals surface area (Å²) in [5, 5.41) is 0. The molecule has 0 aromatic carbocycles. The van der Waals surface area contributed by atoms with Crippen LogP contribution in [-0.4, -0.2) is 35.4 Å². The van der Waals surface area contributed by atoms with E-state index in [9.17, 15) is 9.59 Å². The van der Waals surface area contributed by atoms with Crippen molar-refractivity contribution in [1.82, 2.24) is 9.88 Å². The van der Waals surface area contributed by atoms with Gasteiger partial charge in [-0.15, -0.1) is 0 Å². The molecule has 3 N–H and O–H groups in total. The highest BCUT2D eigenvalue weighted by Crippen LogP contribution is 2.27. The van der Waals surface area contributed by atoms with Crippen LogP contribution in [0.2, 0.25) is 0 Å². The highest BCUT2D eigenvalue weighted by atomic mass is 16.2. The van der Waals surface area contributed by atoms with Crippen molar-refractivity contribution >= 4 is 5.91 Å². The van der Waals surface area contributed by atoms with E-state index in [0.29, 0.717) is 18.0 Å². The molecule has 0 radical (unpaired) electrons. The van der Waals surface area contributed by atoms with Gasteiger partial charge < -0.3 is 15.6 Å². The van der Waals surface area contributed by atoms with Crippen LogP contribution in [0.3, 0.4) is 0 Å².